The lowest BCUT2D eigenvalue weighted by atomic mass is 10.0. The van der Waals surface area contributed by atoms with Crippen LogP contribution in [0.1, 0.15) is 11.1 Å². The second kappa shape index (κ2) is 4.20. The normalized spacial score (nSPS) is 9.50. The largest absolute Gasteiger partial charge is 0.286 e. The minimum atomic E-state index is -0.444. The maximum Gasteiger partial charge on any atom is 0.286 e. The van der Waals surface area contributed by atoms with Gasteiger partial charge in [-0.25, -0.2) is 0 Å². The van der Waals surface area contributed by atoms with Crippen LogP contribution in [0.4, 0.5) is 5.69 Å². The predicted molar refractivity (Wildman–Crippen MR) is 54.9 cm³/mol. The van der Waals surface area contributed by atoms with E-state index in [-0.39, 0.29) is 12.1 Å². The Kier molecular flexibility index (Phi) is 3.20. The van der Waals surface area contributed by atoms with Crippen molar-refractivity contribution in [3.05, 3.63) is 37.8 Å². The van der Waals surface area contributed by atoms with Gasteiger partial charge in [0.2, 0.25) is 0 Å². The summed E-state index contributed by atoms with van der Waals surface area (Å²) in [7, 11) is 0. The molecule has 0 aliphatic heterocycles. The average Bonchev–Trinajstić information content (AvgIpc) is 2.10. The van der Waals surface area contributed by atoms with Gasteiger partial charge in [-0.05, 0) is 34.5 Å². The van der Waals surface area contributed by atoms with Gasteiger partial charge in [0, 0.05) is 5.56 Å². The average molecular weight is 255 g/mol. The minimum absolute atomic E-state index is 0.0396. The van der Waals surface area contributed by atoms with E-state index >= 15 is 0 Å². The highest BCUT2D eigenvalue weighted by atomic mass is 79.9. The first-order valence-corrected chi connectivity index (χ1v) is 4.66. The van der Waals surface area contributed by atoms with Crippen LogP contribution in [0.2, 0.25) is 0 Å². The standard InChI is InChI=1S/C9H7BrN2O2/c1-6-7(4-5-11)2-3-8(10)9(6)12(13)14/h2-3H,4H2,1H3. The van der Waals surface area contributed by atoms with Gasteiger partial charge in [-0.3, -0.25) is 10.1 Å². The Balaban J connectivity index is 3.35. The number of halogens is 1. The number of nitriles is 1. The van der Waals surface area contributed by atoms with Crippen LogP contribution >= 0.6 is 15.9 Å². The molecule has 0 saturated carbocycles. The van der Waals surface area contributed by atoms with Crippen LogP contribution in [-0.4, -0.2) is 4.92 Å². The molecule has 1 rings (SSSR count). The molecule has 0 atom stereocenters. The lowest BCUT2D eigenvalue weighted by molar-refractivity contribution is -0.386. The molecule has 0 unspecified atom stereocenters. The van der Waals surface area contributed by atoms with Gasteiger partial charge >= 0.3 is 0 Å². The smallest absolute Gasteiger partial charge is 0.258 e. The van der Waals surface area contributed by atoms with Crippen molar-refractivity contribution >= 4 is 21.6 Å². The van der Waals surface area contributed by atoms with E-state index in [2.05, 4.69) is 15.9 Å². The molecule has 0 spiro atoms. The summed E-state index contributed by atoms with van der Waals surface area (Å²) in [5, 5.41) is 19.2. The number of hydrogen-bond donors (Lipinski definition) is 0. The number of nitrogens with zero attached hydrogens (tertiary/aromatic N) is 2. The summed E-state index contributed by atoms with van der Waals surface area (Å²) >= 11 is 3.11. The Hall–Kier alpha value is -1.41. The van der Waals surface area contributed by atoms with Crippen LogP contribution < -0.4 is 0 Å². The molecule has 0 aromatic heterocycles. The molecule has 1 aromatic carbocycles. The van der Waals surface area contributed by atoms with Gasteiger partial charge < -0.3 is 0 Å². The fraction of sp³-hybridized carbons (Fsp3) is 0.222. The molecule has 0 bridgehead atoms. The molecule has 4 nitrogen and oxygen atoms in total. The first-order chi connectivity index (χ1) is 6.57. The van der Waals surface area contributed by atoms with Gasteiger partial charge in [0.25, 0.3) is 5.69 Å². The van der Waals surface area contributed by atoms with E-state index in [0.29, 0.717) is 15.6 Å². The molecule has 0 radical (unpaired) electrons. The molecule has 14 heavy (non-hydrogen) atoms. The SMILES string of the molecule is Cc1c(CC#N)ccc(Br)c1[N+](=O)[O-]. The van der Waals surface area contributed by atoms with Crippen molar-refractivity contribution in [2.75, 3.05) is 0 Å². The highest BCUT2D eigenvalue weighted by Crippen LogP contribution is 2.30. The molecule has 0 heterocycles. The van der Waals surface area contributed by atoms with E-state index < -0.39 is 4.92 Å². The number of hydrogen-bond acceptors (Lipinski definition) is 3. The van der Waals surface area contributed by atoms with Gasteiger partial charge in [-0.1, -0.05) is 6.07 Å². The van der Waals surface area contributed by atoms with E-state index in [9.17, 15) is 10.1 Å². The number of nitro groups is 1. The maximum atomic E-state index is 10.7. The second-order valence-electron chi connectivity index (χ2n) is 2.77. The molecule has 5 heteroatoms. The van der Waals surface area contributed by atoms with Crippen LogP contribution in [0.15, 0.2) is 16.6 Å². The van der Waals surface area contributed by atoms with Gasteiger partial charge in [-0.2, -0.15) is 5.26 Å². The van der Waals surface area contributed by atoms with E-state index in [1.54, 1.807) is 19.1 Å². The third-order valence-electron chi connectivity index (χ3n) is 1.95. The summed E-state index contributed by atoms with van der Waals surface area (Å²) in [6.45, 7) is 1.65. The maximum absolute atomic E-state index is 10.7. The van der Waals surface area contributed by atoms with Crippen molar-refractivity contribution in [3.8, 4) is 6.07 Å². The van der Waals surface area contributed by atoms with Crippen LogP contribution in [0, 0.1) is 28.4 Å². The summed E-state index contributed by atoms with van der Waals surface area (Å²) in [6, 6.07) is 5.29. The lowest BCUT2D eigenvalue weighted by Gasteiger charge is -2.03. The third-order valence-corrected chi connectivity index (χ3v) is 2.59. The zero-order valence-electron chi connectivity index (χ0n) is 7.45. The quantitative estimate of drug-likeness (QED) is 0.602. The molecular formula is C9H7BrN2O2. The van der Waals surface area contributed by atoms with Crippen LogP contribution in [-0.2, 0) is 6.42 Å². The van der Waals surface area contributed by atoms with Crippen molar-refractivity contribution in [1.29, 1.82) is 5.26 Å². The minimum Gasteiger partial charge on any atom is -0.258 e. The van der Waals surface area contributed by atoms with Crippen molar-refractivity contribution in [2.24, 2.45) is 0 Å². The van der Waals surface area contributed by atoms with Crippen LogP contribution in [0.25, 0.3) is 0 Å². The van der Waals surface area contributed by atoms with Crippen LogP contribution in [0.3, 0.4) is 0 Å². The van der Waals surface area contributed by atoms with Gasteiger partial charge in [0.15, 0.2) is 0 Å². The predicted octanol–water partition coefficient (Wildman–Crippen LogP) is 2.73. The van der Waals surface area contributed by atoms with E-state index in [1.807, 2.05) is 6.07 Å². The molecule has 0 amide bonds. The van der Waals surface area contributed by atoms with E-state index in [1.165, 1.54) is 0 Å². The molecule has 0 saturated heterocycles. The Morgan fingerprint density at radius 2 is 2.29 bits per heavy atom. The molecule has 0 aliphatic carbocycles. The summed E-state index contributed by atoms with van der Waals surface area (Å²) in [4.78, 5) is 10.2. The Morgan fingerprint density at radius 3 is 2.79 bits per heavy atom. The monoisotopic (exact) mass is 254 g/mol. The molecule has 72 valence electrons. The molecule has 0 N–H and O–H groups in total. The first-order valence-electron chi connectivity index (χ1n) is 3.87. The molecule has 0 fully saturated rings. The Labute approximate surface area is 89.4 Å². The zero-order chi connectivity index (χ0) is 10.7. The summed E-state index contributed by atoms with van der Waals surface area (Å²) in [5.41, 5.74) is 1.28. The fourth-order valence-corrected chi connectivity index (χ4v) is 1.78. The number of nitro benzene ring substituents is 1. The molecular weight excluding hydrogens is 248 g/mol. The highest BCUT2D eigenvalue weighted by molar-refractivity contribution is 9.10. The fourth-order valence-electron chi connectivity index (χ4n) is 1.21. The topological polar surface area (TPSA) is 66.9 Å². The second-order valence-corrected chi connectivity index (χ2v) is 3.63. The van der Waals surface area contributed by atoms with Gasteiger partial charge in [-0.15, -0.1) is 0 Å². The van der Waals surface area contributed by atoms with Crippen molar-refractivity contribution in [2.45, 2.75) is 13.3 Å². The van der Waals surface area contributed by atoms with E-state index in [0.717, 1.165) is 0 Å². The molecule has 0 aliphatic rings. The zero-order valence-corrected chi connectivity index (χ0v) is 9.04. The van der Waals surface area contributed by atoms with Crippen molar-refractivity contribution < 1.29 is 4.92 Å². The van der Waals surface area contributed by atoms with E-state index in [4.69, 9.17) is 5.26 Å². The lowest BCUT2D eigenvalue weighted by Crippen LogP contribution is -1.97. The third kappa shape index (κ3) is 1.91. The van der Waals surface area contributed by atoms with Crippen LogP contribution in [0.5, 0.6) is 0 Å². The number of rotatable bonds is 2. The summed E-state index contributed by atoms with van der Waals surface area (Å²) in [5.74, 6) is 0. The molecule has 1 aromatic rings. The van der Waals surface area contributed by atoms with Gasteiger partial charge in [0.1, 0.15) is 0 Å². The van der Waals surface area contributed by atoms with Crippen molar-refractivity contribution in [1.82, 2.24) is 0 Å². The summed E-state index contributed by atoms with van der Waals surface area (Å²) < 4.78 is 0.446. The first kappa shape index (κ1) is 10.7. The number of benzene rings is 1. The Bertz CT molecular complexity index is 424. The highest BCUT2D eigenvalue weighted by Gasteiger charge is 2.17. The summed E-state index contributed by atoms with van der Waals surface area (Å²) in [6.07, 6.45) is 0.194. The Morgan fingerprint density at radius 1 is 1.64 bits per heavy atom. The van der Waals surface area contributed by atoms with Crippen molar-refractivity contribution in [3.63, 3.8) is 0 Å². The van der Waals surface area contributed by atoms with Gasteiger partial charge in [0.05, 0.1) is 21.9 Å².